The molecule has 0 amide bonds. The standard InChI is InChI=1S/C14H17BrF3N/c1-10-2-3-13(15)11(8-10)9-19-6-4-12(5-7-19)14(16,17)18/h2-3,8,12H,4-7,9H2,1H3. The molecule has 2 rings (SSSR count). The summed E-state index contributed by atoms with van der Waals surface area (Å²) in [5.74, 6) is -1.12. The molecule has 0 aromatic heterocycles. The fourth-order valence-electron chi connectivity index (χ4n) is 2.48. The smallest absolute Gasteiger partial charge is 0.299 e. The third-order valence-electron chi connectivity index (χ3n) is 3.65. The van der Waals surface area contributed by atoms with Crippen molar-refractivity contribution in [3.8, 4) is 0 Å². The van der Waals surface area contributed by atoms with Crippen LogP contribution in [0.3, 0.4) is 0 Å². The van der Waals surface area contributed by atoms with Crippen LogP contribution in [0.2, 0.25) is 0 Å². The third kappa shape index (κ3) is 3.96. The maximum absolute atomic E-state index is 12.6. The van der Waals surface area contributed by atoms with Crippen molar-refractivity contribution >= 4 is 15.9 Å². The second-order valence-electron chi connectivity index (χ2n) is 5.19. The van der Waals surface area contributed by atoms with E-state index in [2.05, 4.69) is 26.9 Å². The molecule has 106 valence electrons. The van der Waals surface area contributed by atoms with Gasteiger partial charge in [0.15, 0.2) is 0 Å². The Balaban J connectivity index is 1.94. The summed E-state index contributed by atoms with van der Waals surface area (Å²) in [5, 5.41) is 0. The Bertz CT molecular complexity index is 437. The molecule has 0 N–H and O–H groups in total. The van der Waals surface area contributed by atoms with Gasteiger partial charge in [-0.25, -0.2) is 0 Å². The molecule has 0 unspecified atom stereocenters. The Kier molecular flexibility index (Phi) is 4.56. The van der Waals surface area contributed by atoms with E-state index in [-0.39, 0.29) is 12.8 Å². The minimum atomic E-state index is -4.03. The predicted molar refractivity (Wildman–Crippen MR) is 72.9 cm³/mol. The van der Waals surface area contributed by atoms with Gasteiger partial charge in [-0.2, -0.15) is 13.2 Å². The van der Waals surface area contributed by atoms with Crippen molar-refractivity contribution in [3.05, 3.63) is 33.8 Å². The number of rotatable bonds is 2. The largest absolute Gasteiger partial charge is 0.391 e. The van der Waals surface area contributed by atoms with E-state index in [1.165, 1.54) is 5.56 Å². The molecule has 1 aromatic carbocycles. The number of halogens is 4. The average Bonchev–Trinajstić information content (AvgIpc) is 2.33. The second-order valence-corrected chi connectivity index (χ2v) is 6.04. The van der Waals surface area contributed by atoms with Crippen LogP contribution in [-0.2, 0) is 6.54 Å². The fraction of sp³-hybridized carbons (Fsp3) is 0.571. The molecule has 1 nitrogen and oxygen atoms in total. The molecule has 1 aliphatic rings. The molecular weight excluding hydrogens is 319 g/mol. The molecule has 5 heteroatoms. The van der Waals surface area contributed by atoms with Crippen LogP contribution in [0, 0.1) is 12.8 Å². The Morgan fingerprint density at radius 3 is 2.47 bits per heavy atom. The van der Waals surface area contributed by atoms with Crippen molar-refractivity contribution in [1.29, 1.82) is 0 Å². The van der Waals surface area contributed by atoms with E-state index in [1.807, 2.05) is 19.1 Å². The molecule has 1 fully saturated rings. The first-order valence-electron chi connectivity index (χ1n) is 6.40. The third-order valence-corrected chi connectivity index (χ3v) is 4.42. The summed E-state index contributed by atoms with van der Waals surface area (Å²) in [7, 11) is 0. The Morgan fingerprint density at radius 2 is 1.89 bits per heavy atom. The average molecular weight is 336 g/mol. The lowest BCUT2D eigenvalue weighted by molar-refractivity contribution is -0.185. The molecular formula is C14H17BrF3N. The molecule has 0 aliphatic carbocycles. The molecule has 1 aromatic rings. The van der Waals surface area contributed by atoms with Gasteiger partial charge < -0.3 is 0 Å². The van der Waals surface area contributed by atoms with E-state index < -0.39 is 12.1 Å². The zero-order valence-electron chi connectivity index (χ0n) is 10.8. The molecule has 1 saturated heterocycles. The summed E-state index contributed by atoms with van der Waals surface area (Å²) in [6, 6.07) is 6.09. The van der Waals surface area contributed by atoms with Crippen molar-refractivity contribution < 1.29 is 13.2 Å². The first kappa shape index (κ1) is 14.9. The lowest BCUT2D eigenvalue weighted by Crippen LogP contribution is -2.38. The van der Waals surface area contributed by atoms with Gasteiger partial charge >= 0.3 is 6.18 Å². The van der Waals surface area contributed by atoms with Gasteiger partial charge in [-0.3, -0.25) is 4.90 Å². The van der Waals surface area contributed by atoms with Gasteiger partial charge in [0.05, 0.1) is 5.92 Å². The van der Waals surface area contributed by atoms with E-state index in [0.29, 0.717) is 19.6 Å². The van der Waals surface area contributed by atoms with Gasteiger partial charge in [0, 0.05) is 11.0 Å². The van der Waals surface area contributed by atoms with E-state index >= 15 is 0 Å². The Morgan fingerprint density at radius 1 is 1.26 bits per heavy atom. The van der Waals surface area contributed by atoms with Gasteiger partial charge in [-0.1, -0.05) is 33.6 Å². The number of nitrogens with zero attached hydrogens (tertiary/aromatic N) is 1. The predicted octanol–water partition coefficient (Wildman–Crippen LogP) is 4.53. The van der Waals surface area contributed by atoms with Crippen LogP contribution in [-0.4, -0.2) is 24.2 Å². The van der Waals surface area contributed by atoms with Crippen LogP contribution < -0.4 is 0 Å². The maximum atomic E-state index is 12.6. The van der Waals surface area contributed by atoms with Crippen molar-refractivity contribution in [2.45, 2.75) is 32.5 Å². The van der Waals surface area contributed by atoms with Gasteiger partial charge in [-0.05, 0) is 44.5 Å². The summed E-state index contributed by atoms with van der Waals surface area (Å²) in [6.07, 6.45) is -3.60. The molecule has 19 heavy (non-hydrogen) atoms. The van der Waals surface area contributed by atoms with Crippen LogP contribution in [0.1, 0.15) is 24.0 Å². The van der Waals surface area contributed by atoms with Crippen molar-refractivity contribution in [1.82, 2.24) is 4.90 Å². The molecule has 0 bridgehead atoms. The molecule has 0 saturated carbocycles. The van der Waals surface area contributed by atoms with Gasteiger partial charge in [0.2, 0.25) is 0 Å². The fourth-order valence-corrected chi connectivity index (χ4v) is 2.86. The minimum absolute atomic E-state index is 0.215. The number of alkyl halides is 3. The Hall–Kier alpha value is -0.550. The number of aryl methyl sites for hydroxylation is 1. The number of hydrogen-bond donors (Lipinski definition) is 0. The van der Waals surface area contributed by atoms with Crippen LogP contribution >= 0.6 is 15.9 Å². The highest BCUT2D eigenvalue weighted by Gasteiger charge is 2.40. The molecule has 0 atom stereocenters. The van der Waals surface area contributed by atoms with E-state index in [9.17, 15) is 13.2 Å². The lowest BCUT2D eigenvalue weighted by atomic mass is 9.96. The van der Waals surface area contributed by atoms with Crippen molar-refractivity contribution in [3.63, 3.8) is 0 Å². The maximum Gasteiger partial charge on any atom is 0.391 e. The van der Waals surface area contributed by atoms with E-state index in [0.717, 1.165) is 10.0 Å². The monoisotopic (exact) mass is 335 g/mol. The normalized spacial score (nSPS) is 18.8. The quantitative estimate of drug-likeness (QED) is 0.767. The van der Waals surface area contributed by atoms with Crippen LogP contribution in [0.4, 0.5) is 13.2 Å². The number of piperidine rings is 1. The summed E-state index contributed by atoms with van der Waals surface area (Å²) in [5.41, 5.74) is 2.31. The van der Waals surface area contributed by atoms with E-state index in [4.69, 9.17) is 0 Å². The highest BCUT2D eigenvalue weighted by molar-refractivity contribution is 9.10. The van der Waals surface area contributed by atoms with Crippen molar-refractivity contribution in [2.75, 3.05) is 13.1 Å². The summed E-state index contributed by atoms with van der Waals surface area (Å²) in [4.78, 5) is 2.10. The van der Waals surface area contributed by atoms with Gasteiger partial charge in [0.25, 0.3) is 0 Å². The zero-order valence-corrected chi connectivity index (χ0v) is 12.4. The summed E-state index contributed by atoms with van der Waals surface area (Å²) >= 11 is 3.49. The minimum Gasteiger partial charge on any atom is -0.299 e. The molecule has 0 spiro atoms. The number of benzene rings is 1. The first-order valence-corrected chi connectivity index (χ1v) is 7.19. The van der Waals surface area contributed by atoms with Crippen LogP contribution in [0.25, 0.3) is 0 Å². The number of hydrogen-bond acceptors (Lipinski definition) is 1. The zero-order chi connectivity index (χ0) is 14.0. The molecule has 1 heterocycles. The van der Waals surface area contributed by atoms with Gasteiger partial charge in [-0.15, -0.1) is 0 Å². The van der Waals surface area contributed by atoms with Crippen LogP contribution in [0.15, 0.2) is 22.7 Å². The first-order chi connectivity index (χ1) is 8.86. The van der Waals surface area contributed by atoms with Crippen molar-refractivity contribution in [2.24, 2.45) is 5.92 Å². The summed E-state index contributed by atoms with van der Waals surface area (Å²) in [6.45, 7) is 3.77. The summed E-state index contributed by atoms with van der Waals surface area (Å²) < 4.78 is 38.8. The topological polar surface area (TPSA) is 3.24 Å². The SMILES string of the molecule is Cc1ccc(Br)c(CN2CCC(C(F)(F)F)CC2)c1. The van der Waals surface area contributed by atoms with Crippen LogP contribution in [0.5, 0.6) is 0 Å². The lowest BCUT2D eigenvalue weighted by Gasteiger charge is -2.33. The molecule has 0 radical (unpaired) electrons. The second kappa shape index (κ2) is 5.83. The Labute approximate surface area is 119 Å². The number of likely N-dealkylation sites (tertiary alicyclic amines) is 1. The highest BCUT2D eigenvalue weighted by atomic mass is 79.9. The van der Waals surface area contributed by atoms with Gasteiger partial charge in [0.1, 0.15) is 0 Å². The van der Waals surface area contributed by atoms with E-state index in [1.54, 1.807) is 0 Å². The molecule has 1 aliphatic heterocycles. The highest BCUT2D eigenvalue weighted by Crippen LogP contribution is 2.34.